The summed E-state index contributed by atoms with van der Waals surface area (Å²) in [5.74, 6) is -0.0346. The molecule has 0 fully saturated rings. The Hall–Kier alpha value is -1.43. The zero-order valence-corrected chi connectivity index (χ0v) is 9.93. The number of nitrogens with zero attached hydrogens (tertiary/aromatic N) is 3. The predicted molar refractivity (Wildman–Crippen MR) is 61.3 cm³/mol. The van der Waals surface area contributed by atoms with Crippen molar-refractivity contribution in [2.75, 3.05) is 6.54 Å². The van der Waals surface area contributed by atoms with Crippen LogP contribution in [0.3, 0.4) is 0 Å². The van der Waals surface area contributed by atoms with E-state index in [0.717, 1.165) is 13.0 Å². The first-order valence-electron chi connectivity index (χ1n) is 5.44. The first-order valence-corrected chi connectivity index (χ1v) is 5.44. The normalized spacial score (nSPS) is 12.7. The second-order valence-electron chi connectivity index (χ2n) is 3.94. The Morgan fingerprint density at radius 2 is 2.38 bits per heavy atom. The average Bonchev–Trinajstić information content (AvgIpc) is 2.58. The molecule has 16 heavy (non-hydrogen) atoms. The van der Waals surface area contributed by atoms with Crippen molar-refractivity contribution in [1.29, 1.82) is 0 Å². The molecule has 0 aromatic carbocycles. The van der Waals surface area contributed by atoms with Gasteiger partial charge in [0, 0.05) is 19.5 Å². The van der Waals surface area contributed by atoms with Gasteiger partial charge in [0.05, 0.1) is 0 Å². The molecule has 1 atom stereocenters. The van der Waals surface area contributed by atoms with Crippen LogP contribution in [0, 0.1) is 10.1 Å². The molecule has 0 radical (unpaired) electrons. The number of aromatic nitrogens is 2. The van der Waals surface area contributed by atoms with Gasteiger partial charge in [-0.3, -0.25) is 0 Å². The van der Waals surface area contributed by atoms with Gasteiger partial charge in [-0.1, -0.05) is 6.92 Å². The monoisotopic (exact) mass is 226 g/mol. The fourth-order valence-corrected chi connectivity index (χ4v) is 1.58. The predicted octanol–water partition coefficient (Wildman–Crippen LogP) is 1.26. The lowest BCUT2D eigenvalue weighted by molar-refractivity contribution is -0.390. The largest absolute Gasteiger partial charge is 0.384 e. The molecule has 6 nitrogen and oxygen atoms in total. The smallest absolute Gasteiger partial charge is 0.358 e. The van der Waals surface area contributed by atoms with E-state index in [4.69, 9.17) is 0 Å². The Balaban J connectivity index is 2.71. The molecule has 1 aromatic rings. The van der Waals surface area contributed by atoms with Crippen molar-refractivity contribution in [3.63, 3.8) is 0 Å². The zero-order chi connectivity index (χ0) is 12.1. The van der Waals surface area contributed by atoms with Gasteiger partial charge in [-0.15, -0.1) is 0 Å². The number of hydrogen-bond donors (Lipinski definition) is 1. The van der Waals surface area contributed by atoms with Crippen molar-refractivity contribution in [2.24, 2.45) is 7.05 Å². The van der Waals surface area contributed by atoms with E-state index in [2.05, 4.69) is 17.2 Å². The molecule has 0 saturated carbocycles. The van der Waals surface area contributed by atoms with E-state index in [1.165, 1.54) is 6.33 Å². The van der Waals surface area contributed by atoms with Gasteiger partial charge in [0.15, 0.2) is 0 Å². The van der Waals surface area contributed by atoms with Crippen LogP contribution >= 0.6 is 0 Å². The highest BCUT2D eigenvalue weighted by Crippen LogP contribution is 2.16. The summed E-state index contributed by atoms with van der Waals surface area (Å²) in [5, 5.41) is 14.0. The molecule has 1 N–H and O–H groups in total. The van der Waals surface area contributed by atoms with Crippen LogP contribution in [0.25, 0.3) is 0 Å². The Labute approximate surface area is 94.8 Å². The van der Waals surface area contributed by atoms with E-state index in [1.54, 1.807) is 11.6 Å². The highest BCUT2D eigenvalue weighted by molar-refractivity contribution is 5.27. The van der Waals surface area contributed by atoms with Crippen LogP contribution in [0.2, 0.25) is 0 Å². The van der Waals surface area contributed by atoms with Crippen LogP contribution in [-0.4, -0.2) is 27.1 Å². The number of nitro groups is 1. The second-order valence-corrected chi connectivity index (χ2v) is 3.94. The van der Waals surface area contributed by atoms with Gasteiger partial charge in [0.2, 0.25) is 6.33 Å². The summed E-state index contributed by atoms with van der Waals surface area (Å²) in [6.45, 7) is 5.03. The molecule has 0 bridgehead atoms. The molecule has 0 saturated heterocycles. The van der Waals surface area contributed by atoms with E-state index in [-0.39, 0.29) is 11.9 Å². The Bertz CT molecular complexity index is 362. The Morgan fingerprint density at radius 1 is 1.69 bits per heavy atom. The van der Waals surface area contributed by atoms with Gasteiger partial charge in [-0.2, -0.15) is 0 Å². The number of imidazole rings is 1. The molecule has 0 amide bonds. The maximum Gasteiger partial charge on any atom is 0.384 e. The van der Waals surface area contributed by atoms with E-state index in [1.807, 2.05) is 6.92 Å². The van der Waals surface area contributed by atoms with Crippen molar-refractivity contribution < 1.29 is 4.92 Å². The quantitative estimate of drug-likeness (QED) is 0.585. The third kappa shape index (κ3) is 3.03. The van der Waals surface area contributed by atoms with Gasteiger partial charge in [0.1, 0.15) is 5.69 Å². The molecular weight excluding hydrogens is 208 g/mol. The summed E-state index contributed by atoms with van der Waals surface area (Å²) in [4.78, 5) is 14.1. The number of hydrogen-bond acceptors (Lipinski definition) is 4. The number of rotatable bonds is 6. The fraction of sp³-hybridized carbons (Fsp3) is 0.700. The lowest BCUT2D eigenvalue weighted by Gasteiger charge is -2.12. The van der Waals surface area contributed by atoms with Crippen molar-refractivity contribution >= 4 is 5.82 Å². The summed E-state index contributed by atoms with van der Waals surface area (Å²) >= 11 is 0. The van der Waals surface area contributed by atoms with Crippen LogP contribution in [-0.2, 0) is 13.5 Å². The Morgan fingerprint density at radius 3 is 2.94 bits per heavy atom. The van der Waals surface area contributed by atoms with E-state index in [9.17, 15) is 10.1 Å². The number of aryl methyl sites for hydroxylation is 1. The van der Waals surface area contributed by atoms with Crippen LogP contribution in [0.4, 0.5) is 5.82 Å². The molecule has 0 aliphatic heterocycles. The van der Waals surface area contributed by atoms with Crippen LogP contribution in [0.1, 0.15) is 26.0 Å². The van der Waals surface area contributed by atoms with Gasteiger partial charge in [-0.25, -0.2) is 0 Å². The highest BCUT2D eigenvalue weighted by Gasteiger charge is 2.21. The first kappa shape index (κ1) is 12.6. The molecule has 90 valence electrons. The van der Waals surface area contributed by atoms with Gasteiger partial charge in [-0.05, 0) is 29.8 Å². The zero-order valence-electron chi connectivity index (χ0n) is 9.93. The molecule has 0 spiro atoms. The van der Waals surface area contributed by atoms with Gasteiger partial charge < -0.3 is 20.0 Å². The molecule has 1 aromatic heterocycles. The summed E-state index contributed by atoms with van der Waals surface area (Å²) in [6, 6.07) is 0.217. The molecule has 1 unspecified atom stereocenters. The van der Waals surface area contributed by atoms with Crippen LogP contribution in [0.15, 0.2) is 6.33 Å². The van der Waals surface area contributed by atoms with Gasteiger partial charge >= 0.3 is 5.82 Å². The highest BCUT2D eigenvalue weighted by atomic mass is 16.6. The van der Waals surface area contributed by atoms with E-state index < -0.39 is 4.92 Å². The minimum atomic E-state index is -0.429. The molecule has 1 rings (SSSR count). The molecular formula is C10H18N4O2. The summed E-state index contributed by atoms with van der Waals surface area (Å²) in [7, 11) is 1.78. The molecule has 0 aliphatic carbocycles. The molecule has 6 heteroatoms. The van der Waals surface area contributed by atoms with E-state index in [0.29, 0.717) is 12.1 Å². The standard InChI is InChI=1S/C10H18N4O2/c1-4-5-11-8(2)6-9-10(14(15)16)12-7-13(9)3/h7-8,11H,4-6H2,1-3H3. The summed E-state index contributed by atoms with van der Waals surface area (Å²) < 4.78 is 1.71. The Kier molecular flexibility index (Phi) is 4.42. The van der Waals surface area contributed by atoms with E-state index >= 15 is 0 Å². The summed E-state index contributed by atoms with van der Waals surface area (Å²) in [5.41, 5.74) is 0.668. The first-order chi connectivity index (χ1) is 7.56. The molecule has 1 heterocycles. The maximum atomic E-state index is 10.7. The van der Waals surface area contributed by atoms with Crippen molar-refractivity contribution in [3.8, 4) is 0 Å². The van der Waals surface area contributed by atoms with Crippen molar-refractivity contribution in [2.45, 2.75) is 32.7 Å². The van der Waals surface area contributed by atoms with Gasteiger partial charge in [0.25, 0.3) is 0 Å². The minimum Gasteiger partial charge on any atom is -0.358 e. The maximum absolute atomic E-state index is 10.7. The fourth-order valence-electron chi connectivity index (χ4n) is 1.58. The summed E-state index contributed by atoms with van der Waals surface area (Å²) in [6.07, 6.45) is 3.16. The SMILES string of the molecule is CCCNC(C)Cc1c([N+](=O)[O-])ncn1C. The third-order valence-corrected chi connectivity index (χ3v) is 2.45. The lowest BCUT2D eigenvalue weighted by atomic mass is 10.2. The minimum absolute atomic E-state index is 0.0346. The topological polar surface area (TPSA) is 73.0 Å². The lowest BCUT2D eigenvalue weighted by Crippen LogP contribution is -2.29. The van der Waals surface area contributed by atoms with Crippen LogP contribution in [0.5, 0.6) is 0 Å². The van der Waals surface area contributed by atoms with Crippen LogP contribution < -0.4 is 5.32 Å². The van der Waals surface area contributed by atoms with Crippen molar-refractivity contribution in [3.05, 3.63) is 22.1 Å². The van der Waals surface area contributed by atoms with Crippen molar-refractivity contribution in [1.82, 2.24) is 14.9 Å². The number of nitrogens with one attached hydrogen (secondary N) is 1. The molecule has 0 aliphatic rings. The second kappa shape index (κ2) is 5.60. The third-order valence-electron chi connectivity index (χ3n) is 2.45. The average molecular weight is 226 g/mol.